The van der Waals surface area contributed by atoms with Gasteiger partial charge in [0.25, 0.3) is 0 Å². The minimum atomic E-state index is -4.37. The van der Waals surface area contributed by atoms with Gasteiger partial charge in [0.05, 0.1) is 5.56 Å². The molecule has 2 nitrogen and oxygen atoms in total. The van der Waals surface area contributed by atoms with Gasteiger partial charge in [-0.25, -0.2) is 4.98 Å². The number of alkyl halides is 3. The molecule has 0 aliphatic rings. The molecule has 1 aromatic rings. The molecule has 0 spiro atoms. The van der Waals surface area contributed by atoms with Crippen molar-refractivity contribution in [3.63, 3.8) is 0 Å². The predicted molar refractivity (Wildman–Crippen MR) is 43.1 cm³/mol. The van der Waals surface area contributed by atoms with E-state index < -0.39 is 11.7 Å². The van der Waals surface area contributed by atoms with E-state index in [0.717, 1.165) is 6.07 Å². The Morgan fingerprint density at radius 2 is 2.07 bits per heavy atom. The Balaban J connectivity index is 0.00000169. The van der Waals surface area contributed by atoms with Crippen molar-refractivity contribution in [2.45, 2.75) is 6.18 Å². The molecule has 0 aromatic carbocycles. The molecule has 0 fully saturated rings. The van der Waals surface area contributed by atoms with Crippen molar-refractivity contribution in [3.8, 4) is 0 Å². The molecule has 1 aromatic heterocycles. The molecule has 72 valence electrons. The topological polar surface area (TPSA) is 24.9 Å². The molecular formula is C8H8F3N2Y+2. The van der Waals surface area contributed by atoms with E-state index in [-0.39, 0.29) is 45.1 Å². The Labute approximate surface area is 105 Å². The molecule has 1 heterocycles. The molecule has 1 rings (SSSR count). The van der Waals surface area contributed by atoms with Gasteiger partial charge in [-0.15, -0.1) is 6.54 Å². The van der Waals surface area contributed by atoms with Crippen molar-refractivity contribution in [1.82, 2.24) is 4.98 Å². The molecule has 1 N–H and O–H groups in total. The maximum absolute atomic E-state index is 12.3. The summed E-state index contributed by atoms with van der Waals surface area (Å²) in [4.78, 5) is 3.56. The van der Waals surface area contributed by atoms with Crippen LogP contribution in [0.4, 0.5) is 19.0 Å². The number of nitrogens with zero attached hydrogens (tertiary/aromatic N) is 1. The van der Waals surface area contributed by atoms with Crippen LogP contribution in [0.3, 0.4) is 0 Å². The van der Waals surface area contributed by atoms with Crippen LogP contribution in [-0.4, -0.2) is 11.5 Å². The maximum Gasteiger partial charge on any atom is 3.00 e. The van der Waals surface area contributed by atoms with E-state index in [0.29, 0.717) is 0 Å². The first-order valence-electron chi connectivity index (χ1n) is 3.61. The largest absolute Gasteiger partial charge is 3.00 e. The summed E-state index contributed by atoms with van der Waals surface area (Å²) in [6, 6.07) is 2.22. The third-order valence-corrected chi connectivity index (χ3v) is 1.41. The number of halogens is 3. The van der Waals surface area contributed by atoms with Crippen LogP contribution in [0.1, 0.15) is 5.56 Å². The van der Waals surface area contributed by atoms with E-state index in [1.54, 1.807) is 0 Å². The zero-order chi connectivity index (χ0) is 9.90. The number of hydrogen-bond donors (Lipinski definition) is 1. The van der Waals surface area contributed by atoms with Gasteiger partial charge in [0, 0.05) is 6.20 Å². The van der Waals surface area contributed by atoms with Crippen LogP contribution in [0.5, 0.6) is 0 Å². The minimum absolute atomic E-state index is 0. The van der Waals surface area contributed by atoms with Crippen molar-refractivity contribution in [2.24, 2.45) is 0 Å². The van der Waals surface area contributed by atoms with Gasteiger partial charge in [-0.1, -0.05) is 0 Å². The predicted octanol–water partition coefficient (Wildman–Crippen LogP) is 2.34. The fraction of sp³-hybridized carbons (Fsp3) is 0.250. The van der Waals surface area contributed by atoms with Gasteiger partial charge in [0.1, 0.15) is 5.82 Å². The molecule has 0 aliphatic carbocycles. The van der Waals surface area contributed by atoms with Crippen LogP contribution < -0.4 is 5.32 Å². The average Bonchev–Trinajstić information content (AvgIpc) is 2.04. The van der Waals surface area contributed by atoms with Gasteiger partial charge in [-0.3, -0.25) is 0 Å². The summed E-state index contributed by atoms with van der Waals surface area (Å²) in [7, 11) is 0. The first-order chi connectivity index (χ1) is 6.05. The molecule has 0 radical (unpaired) electrons. The zero-order valence-electron chi connectivity index (χ0n) is 7.30. The van der Waals surface area contributed by atoms with Crippen molar-refractivity contribution in [1.29, 1.82) is 0 Å². The first kappa shape index (κ1) is 13.8. The summed E-state index contributed by atoms with van der Waals surface area (Å²) in [5.74, 6) is -0.176. The van der Waals surface area contributed by atoms with Gasteiger partial charge in [0.2, 0.25) is 0 Å². The van der Waals surface area contributed by atoms with Crippen LogP contribution in [0.25, 0.3) is 0 Å². The van der Waals surface area contributed by atoms with Gasteiger partial charge >= 0.3 is 38.9 Å². The van der Waals surface area contributed by atoms with Gasteiger partial charge in [0.15, 0.2) is 0 Å². The standard InChI is InChI=1S/C8H8F3N2.Y/c1-2-12-7-6(8(9,10)11)4-3-5-13-7;/h3-5H,1-2H2,(H,12,13);/q-1;+3. The van der Waals surface area contributed by atoms with E-state index >= 15 is 0 Å². The third-order valence-electron chi connectivity index (χ3n) is 1.41. The van der Waals surface area contributed by atoms with E-state index in [2.05, 4.69) is 17.2 Å². The number of rotatable bonds is 2. The number of anilines is 1. The molecule has 0 atom stereocenters. The molecule has 0 amide bonds. The van der Waals surface area contributed by atoms with Crippen LogP contribution >= 0.6 is 0 Å². The maximum atomic E-state index is 12.3. The average molecular weight is 278 g/mol. The quantitative estimate of drug-likeness (QED) is 0.840. The van der Waals surface area contributed by atoms with Crippen LogP contribution in [0.15, 0.2) is 18.3 Å². The Hall–Kier alpha value is -0.156. The Morgan fingerprint density at radius 3 is 2.57 bits per heavy atom. The summed E-state index contributed by atoms with van der Waals surface area (Å²) < 4.78 is 36.8. The minimum Gasteiger partial charge on any atom is -0.400 e. The molecule has 0 bridgehead atoms. The van der Waals surface area contributed by atoms with Crippen molar-refractivity contribution < 1.29 is 45.9 Å². The fourth-order valence-corrected chi connectivity index (χ4v) is 0.893. The molecule has 14 heavy (non-hydrogen) atoms. The fourth-order valence-electron chi connectivity index (χ4n) is 0.893. The number of hydrogen-bond acceptors (Lipinski definition) is 2. The van der Waals surface area contributed by atoms with E-state index in [9.17, 15) is 13.2 Å². The summed E-state index contributed by atoms with van der Waals surface area (Å²) >= 11 is 0. The molecule has 0 saturated carbocycles. The van der Waals surface area contributed by atoms with Gasteiger partial charge in [-0.2, -0.15) is 13.2 Å². The summed E-state index contributed by atoms with van der Waals surface area (Å²) in [5.41, 5.74) is -0.765. The third kappa shape index (κ3) is 3.54. The van der Waals surface area contributed by atoms with Crippen molar-refractivity contribution in [3.05, 3.63) is 30.8 Å². The SMILES string of the molecule is [CH2-]CNc1ncccc1C(F)(F)F.[Y+3]. The van der Waals surface area contributed by atoms with Crippen molar-refractivity contribution >= 4 is 5.82 Å². The van der Waals surface area contributed by atoms with E-state index in [1.807, 2.05) is 0 Å². The Morgan fingerprint density at radius 1 is 1.43 bits per heavy atom. The molecule has 0 saturated heterocycles. The van der Waals surface area contributed by atoms with Gasteiger partial charge < -0.3 is 12.2 Å². The summed E-state index contributed by atoms with van der Waals surface area (Å²) in [6.45, 7) is 3.55. The second-order valence-electron chi connectivity index (χ2n) is 2.32. The number of nitrogens with one attached hydrogen (secondary N) is 1. The Bertz CT molecular complexity index is 288. The van der Waals surface area contributed by atoms with E-state index in [4.69, 9.17) is 0 Å². The monoisotopic (exact) mass is 278 g/mol. The van der Waals surface area contributed by atoms with Gasteiger partial charge in [-0.05, 0) is 12.1 Å². The normalized spacial score (nSPS) is 10.6. The zero-order valence-corrected chi connectivity index (χ0v) is 10.1. The van der Waals surface area contributed by atoms with E-state index in [1.165, 1.54) is 12.3 Å². The second kappa shape index (κ2) is 5.66. The molecule has 0 aliphatic heterocycles. The smallest absolute Gasteiger partial charge is 0.400 e. The van der Waals surface area contributed by atoms with Crippen LogP contribution in [-0.2, 0) is 38.9 Å². The summed E-state index contributed by atoms with van der Waals surface area (Å²) in [5, 5.41) is 2.44. The Kier molecular flexibility index (Phi) is 5.60. The van der Waals surface area contributed by atoms with Crippen LogP contribution in [0, 0.1) is 6.92 Å². The summed E-state index contributed by atoms with van der Waals surface area (Å²) in [6.07, 6.45) is -3.07. The number of aromatic nitrogens is 1. The van der Waals surface area contributed by atoms with Crippen LogP contribution in [0.2, 0.25) is 0 Å². The first-order valence-corrected chi connectivity index (χ1v) is 3.61. The van der Waals surface area contributed by atoms with Crippen molar-refractivity contribution in [2.75, 3.05) is 11.9 Å². The molecule has 6 heteroatoms. The molecule has 0 unspecified atom stereocenters. The number of pyridine rings is 1. The second-order valence-corrected chi connectivity index (χ2v) is 2.32. The molecular weight excluding hydrogens is 270 g/mol.